The van der Waals surface area contributed by atoms with Gasteiger partial charge in [-0.15, -0.1) is 5.10 Å². The molecular formula is C17H15N3O3. The number of carbonyl (C=O) groups excluding carboxylic acids is 1. The molecule has 23 heavy (non-hydrogen) atoms. The highest BCUT2D eigenvalue weighted by Crippen LogP contribution is 2.21. The first-order chi connectivity index (χ1) is 11.2. The zero-order chi connectivity index (χ0) is 16.2. The van der Waals surface area contributed by atoms with E-state index in [4.69, 9.17) is 9.15 Å². The molecule has 1 amide bonds. The van der Waals surface area contributed by atoms with E-state index < -0.39 is 0 Å². The van der Waals surface area contributed by atoms with Crippen LogP contribution in [0.2, 0.25) is 0 Å². The molecule has 116 valence electrons. The summed E-state index contributed by atoms with van der Waals surface area (Å²) in [5.74, 6) is 0.740. The first-order valence-electron chi connectivity index (χ1n) is 7.02. The standard InChI is InChI=1S/C17H15N3O3/c1-11-10-13(22-2)8-9-14(11)15(21)18-17-20-19-16(23-17)12-6-4-3-5-7-12/h3-10H,1-2H3,(H,18,20,21). The first kappa shape index (κ1) is 14.8. The maximum Gasteiger partial charge on any atom is 0.322 e. The minimum absolute atomic E-state index is 0.0593. The number of amides is 1. The number of anilines is 1. The van der Waals surface area contributed by atoms with E-state index in [0.29, 0.717) is 17.2 Å². The Balaban J connectivity index is 1.77. The van der Waals surface area contributed by atoms with Gasteiger partial charge in [0, 0.05) is 11.1 Å². The predicted molar refractivity (Wildman–Crippen MR) is 85.4 cm³/mol. The molecular weight excluding hydrogens is 294 g/mol. The van der Waals surface area contributed by atoms with Gasteiger partial charge < -0.3 is 9.15 Å². The molecule has 3 aromatic rings. The lowest BCUT2D eigenvalue weighted by molar-refractivity contribution is 0.102. The molecule has 0 atom stereocenters. The van der Waals surface area contributed by atoms with Crippen molar-refractivity contribution < 1.29 is 13.9 Å². The largest absolute Gasteiger partial charge is 0.497 e. The second-order valence-electron chi connectivity index (χ2n) is 4.91. The number of nitrogens with zero attached hydrogens (tertiary/aromatic N) is 2. The van der Waals surface area contributed by atoms with Crippen molar-refractivity contribution in [2.75, 3.05) is 12.4 Å². The van der Waals surface area contributed by atoms with Crippen LogP contribution >= 0.6 is 0 Å². The zero-order valence-electron chi connectivity index (χ0n) is 12.7. The van der Waals surface area contributed by atoms with Gasteiger partial charge in [0.25, 0.3) is 5.91 Å². The number of benzene rings is 2. The smallest absolute Gasteiger partial charge is 0.322 e. The van der Waals surface area contributed by atoms with Crippen LogP contribution in [-0.4, -0.2) is 23.2 Å². The Kier molecular flexibility index (Phi) is 4.05. The van der Waals surface area contributed by atoms with Crippen LogP contribution in [0.15, 0.2) is 52.9 Å². The average Bonchev–Trinajstić information content (AvgIpc) is 3.03. The van der Waals surface area contributed by atoms with Crippen LogP contribution in [0.25, 0.3) is 11.5 Å². The molecule has 6 nitrogen and oxygen atoms in total. The highest BCUT2D eigenvalue weighted by atomic mass is 16.5. The van der Waals surface area contributed by atoms with Crippen molar-refractivity contribution in [2.24, 2.45) is 0 Å². The van der Waals surface area contributed by atoms with E-state index in [1.165, 1.54) is 0 Å². The predicted octanol–water partition coefficient (Wildman–Crippen LogP) is 3.31. The molecule has 1 N–H and O–H groups in total. The third-order valence-electron chi connectivity index (χ3n) is 3.34. The van der Waals surface area contributed by atoms with E-state index in [-0.39, 0.29) is 11.9 Å². The van der Waals surface area contributed by atoms with Crippen LogP contribution in [0.5, 0.6) is 5.75 Å². The Labute approximate surface area is 133 Å². The van der Waals surface area contributed by atoms with Crippen LogP contribution in [0.4, 0.5) is 6.01 Å². The molecule has 2 aromatic carbocycles. The lowest BCUT2D eigenvalue weighted by Crippen LogP contribution is -2.13. The number of carbonyl (C=O) groups is 1. The number of aromatic nitrogens is 2. The lowest BCUT2D eigenvalue weighted by atomic mass is 10.1. The van der Waals surface area contributed by atoms with Crippen molar-refractivity contribution in [2.45, 2.75) is 6.92 Å². The minimum Gasteiger partial charge on any atom is -0.497 e. The molecule has 0 unspecified atom stereocenters. The second kappa shape index (κ2) is 6.31. The Morgan fingerprint density at radius 3 is 2.61 bits per heavy atom. The summed E-state index contributed by atoms with van der Waals surface area (Å²) in [6.45, 7) is 1.83. The summed E-state index contributed by atoms with van der Waals surface area (Å²) in [5.41, 5.74) is 2.11. The summed E-state index contributed by atoms with van der Waals surface area (Å²) in [6, 6.07) is 14.6. The molecule has 0 saturated carbocycles. The molecule has 0 spiro atoms. The van der Waals surface area contributed by atoms with Crippen molar-refractivity contribution in [3.8, 4) is 17.2 Å². The van der Waals surface area contributed by atoms with E-state index in [9.17, 15) is 4.79 Å². The highest BCUT2D eigenvalue weighted by Gasteiger charge is 2.14. The topological polar surface area (TPSA) is 77.2 Å². The lowest BCUT2D eigenvalue weighted by Gasteiger charge is -2.06. The van der Waals surface area contributed by atoms with Gasteiger partial charge in [-0.2, -0.15) is 0 Å². The zero-order valence-corrected chi connectivity index (χ0v) is 12.7. The van der Waals surface area contributed by atoms with E-state index in [2.05, 4.69) is 15.5 Å². The van der Waals surface area contributed by atoms with Crippen LogP contribution in [0, 0.1) is 6.92 Å². The molecule has 0 aliphatic rings. The van der Waals surface area contributed by atoms with E-state index in [1.54, 1.807) is 25.3 Å². The van der Waals surface area contributed by atoms with E-state index in [0.717, 1.165) is 11.1 Å². The number of hydrogen-bond acceptors (Lipinski definition) is 5. The van der Waals surface area contributed by atoms with Gasteiger partial charge in [0.15, 0.2) is 0 Å². The fourth-order valence-electron chi connectivity index (χ4n) is 2.15. The summed E-state index contributed by atoms with van der Waals surface area (Å²) < 4.78 is 10.6. The molecule has 0 fully saturated rings. The quantitative estimate of drug-likeness (QED) is 0.800. The number of rotatable bonds is 4. The Morgan fingerprint density at radius 2 is 1.91 bits per heavy atom. The minimum atomic E-state index is -0.312. The van der Waals surface area contributed by atoms with Crippen LogP contribution in [0.1, 0.15) is 15.9 Å². The van der Waals surface area contributed by atoms with Crippen LogP contribution < -0.4 is 10.1 Å². The van der Waals surface area contributed by atoms with Gasteiger partial charge in [-0.1, -0.05) is 23.3 Å². The van der Waals surface area contributed by atoms with Crippen molar-refractivity contribution in [3.63, 3.8) is 0 Å². The summed E-state index contributed by atoms with van der Waals surface area (Å²) in [4.78, 5) is 12.3. The van der Waals surface area contributed by atoms with Gasteiger partial charge in [0.05, 0.1) is 7.11 Å². The monoisotopic (exact) mass is 309 g/mol. The SMILES string of the molecule is COc1ccc(C(=O)Nc2nnc(-c3ccccc3)o2)c(C)c1. The first-order valence-corrected chi connectivity index (χ1v) is 7.02. The van der Waals surface area contributed by atoms with Crippen molar-refractivity contribution in [1.29, 1.82) is 0 Å². The number of ether oxygens (including phenoxy) is 1. The summed E-state index contributed by atoms with van der Waals surface area (Å²) in [6.07, 6.45) is 0. The number of nitrogens with one attached hydrogen (secondary N) is 1. The summed E-state index contributed by atoms with van der Waals surface area (Å²) in [7, 11) is 1.58. The number of methoxy groups -OCH3 is 1. The normalized spacial score (nSPS) is 10.3. The van der Waals surface area contributed by atoms with Gasteiger partial charge in [-0.25, -0.2) is 0 Å². The molecule has 0 aliphatic heterocycles. The fourth-order valence-corrected chi connectivity index (χ4v) is 2.15. The van der Waals surface area contributed by atoms with Crippen molar-refractivity contribution in [3.05, 3.63) is 59.7 Å². The van der Waals surface area contributed by atoms with Gasteiger partial charge in [-0.05, 0) is 42.8 Å². The molecule has 1 aromatic heterocycles. The number of hydrogen-bond donors (Lipinski definition) is 1. The Morgan fingerprint density at radius 1 is 1.13 bits per heavy atom. The molecule has 6 heteroatoms. The second-order valence-corrected chi connectivity index (χ2v) is 4.91. The Hall–Kier alpha value is -3.15. The third-order valence-corrected chi connectivity index (χ3v) is 3.34. The van der Waals surface area contributed by atoms with Crippen molar-refractivity contribution >= 4 is 11.9 Å². The molecule has 0 saturated heterocycles. The van der Waals surface area contributed by atoms with Crippen LogP contribution in [0.3, 0.4) is 0 Å². The summed E-state index contributed by atoms with van der Waals surface area (Å²) >= 11 is 0. The molecule has 1 heterocycles. The van der Waals surface area contributed by atoms with E-state index in [1.807, 2.05) is 37.3 Å². The average molecular weight is 309 g/mol. The fraction of sp³-hybridized carbons (Fsp3) is 0.118. The van der Waals surface area contributed by atoms with Gasteiger partial charge in [0.1, 0.15) is 5.75 Å². The van der Waals surface area contributed by atoms with Crippen molar-refractivity contribution in [1.82, 2.24) is 10.2 Å². The maximum absolute atomic E-state index is 12.3. The highest BCUT2D eigenvalue weighted by molar-refractivity contribution is 6.04. The van der Waals surface area contributed by atoms with Gasteiger partial charge in [-0.3, -0.25) is 10.1 Å². The molecule has 0 radical (unpaired) electrons. The molecule has 3 rings (SSSR count). The van der Waals surface area contributed by atoms with Gasteiger partial charge >= 0.3 is 6.01 Å². The molecule has 0 bridgehead atoms. The van der Waals surface area contributed by atoms with Crippen LogP contribution in [-0.2, 0) is 0 Å². The third kappa shape index (κ3) is 3.21. The molecule has 0 aliphatic carbocycles. The van der Waals surface area contributed by atoms with E-state index >= 15 is 0 Å². The summed E-state index contributed by atoms with van der Waals surface area (Å²) in [5, 5.41) is 10.4. The Bertz CT molecular complexity index is 828. The van der Waals surface area contributed by atoms with Gasteiger partial charge in [0.2, 0.25) is 5.89 Å². The maximum atomic E-state index is 12.3. The number of aryl methyl sites for hydroxylation is 1.